The lowest BCUT2D eigenvalue weighted by atomic mass is 9.42. The molecule has 0 spiro atoms. The Morgan fingerprint density at radius 1 is 0.725 bits per heavy atom. The van der Waals surface area contributed by atoms with Gasteiger partial charge in [0.25, 0.3) is 0 Å². The zero-order chi connectivity index (χ0) is 49.5. The van der Waals surface area contributed by atoms with Crippen molar-refractivity contribution in [3.63, 3.8) is 0 Å². The molecule has 3 heterocycles. The van der Waals surface area contributed by atoms with Gasteiger partial charge in [-0.3, -0.25) is 9.59 Å². The minimum atomic E-state index is -1.30. The molecule has 5 saturated carbocycles. The molecule has 0 amide bonds. The molecule has 69 heavy (non-hydrogen) atoms. The van der Waals surface area contributed by atoms with Crippen LogP contribution in [0.2, 0.25) is 0 Å². The largest absolute Gasteiger partial charge is 0.459 e. The maximum Gasteiger partial charge on any atom is 0.302 e. The first-order valence-corrected chi connectivity index (χ1v) is 26.4. The van der Waals surface area contributed by atoms with Crippen molar-refractivity contribution in [1.29, 1.82) is 0 Å². The Balaban J connectivity index is 0.752. The summed E-state index contributed by atoms with van der Waals surface area (Å²) in [6.07, 6.45) is -2.15. The Kier molecular flexibility index (Phi) is 15.3. The summed E-state index contributed by atoms with van der Waals surface area (Å²) in [5.41, 5.74) is -0.519. The van der Waals surface area contributed by atoms with Crippen molar-refractivity contribution in [2.45, 2.75) is 248 Å². The first-order valence-electron chi connectivity index (χ1n) is 26.4. The molecule has 9 rings (SSSR count). The van der Waals surface area contributed by atoms with E-state index in [-0.39, 0.29) is 59.9 Å². The molecule has 0 bridgehead atoms. The third kappa shape index (κ3) is 9.57. The zero-order valence-corrected chi connectivity index (χ0v) is 41.7. The average Bonchev–Trinajstić information content (AvgIpc) is 3.84. The Bertz CT molecular complexity index is 1840. The Labute approximate surface area is 406 Å². The summed E-state index contributed by atoms with van der Waals surface area (Å²) in [4.78, 5) is 24.5. The number of ether oxygens (including phenoxy) is 8. The number of ketones is 1. The highest BCUT2D eigenvalue weighted by Crippen LogP contribution is 2.70. The van der Waals surface area contributed by atoms with E-state index in [0.29, 0.717) is 38.0 Å². The van der Waals surface area contributed by atoms with Crippen LogP contribution < -0.4 is 0 Å². The van der Waals surface area contributed by atoms with E-state index in [2.05, 4.69) is 13.8 Å². The highest BCUT2D eigenvalue weighted by molar-refractivity contribution is 5.93. The van der Waals surface area contributed by atoms with E-state index in [1.165, 1.54) is 6.92 Å². The Morgan fingerprint density at radius 2 is 1.42 bits per heavy atom. The van der Waals surface area contributed by atoms with E-state index in [9.17, 15) is 45.3 Å². The highest BCUT2D eigenvalue weighted by Gasteiger charge is 2.71. The van der Waals surface area contributed by atoms with Gasteiger partial charge in [0.1, 0.15) is 30.5 Å². The van der Waals surface area contributed by atoms with E-state index < -0.39 is 122 Å². The first kappa shape index (κ1) is 52.2. The molecule has 3 aliphatic heterocycles. The Morgan fingerprint density at radius 3 is 2.09 bits per heavy atom. The van der Waals surface area contributed by atoms with Crippen LogP contribution in [0.4, 0.5) is 0 Å². The number of hydrogen-bond acceptors (Lipinski definition) is 17. The van der Waals surface area contributed by atoms with Crippen LogP contribution in [-0.4, -0.2) is 164 Å². The monoisotopic (exact) mass is 979 g/mol. The van der Waals surface area contributed by atoms with Crippen molar-refractivity contribution in [2.75, 3.05) is 6.61 Å². The summed E-state index contributed by atoms with van der Waals surface area (Å²) in [5, 5.41) is 78.3. The van der Waals surface area contributed by atoms with Crippen molar-refractivity contribution >= 4 is 11.8 Å². The molecule has 392 valence electrons. The number of hydrogen-bond donors (Lipinski definition) is 7. The summed E-state index contributed by atoms with van der Waals surface area (Å²) in [5.74, 6) is -0.358. The maximum atomic E-state index is 12.7. The standard InChI is InChI=1S/C52H82O17/c1-24-16-33(65-32-12-14-50(6)30(18-32)9-11-35-36(50)20-41(58)51(7)34(13-15-52(35,51)61)29-8-10-31(55)17-29)19-37(56)46(24)67-42-21-38(57)47(26(3)62-42)68-43-22-39(64-28(5)54)48(27(4)63-43)69-49-25(2)44(59)45(60)40(23-53)66-49/h17,24-27,30,32-49,53,56-61H,8-16,18-23H2,1-7H3/t24-,25+,26+,27+,30?,32+,33-,34+,35?,36?,37-,38+,39-,40+,41+,42+,43+,44+,45+,46+,47+,48+,49+,50-,51-,52-/m0/s1. The molecule has 0 aromatic carbocycles. The summed E-state index contributed by atoms with van der Waals surface area (Å²) < 4.78 is 49.7. The first-order chi connectivity index (χ1) is 32.6. The van der Waals surface area contributed by atoms with Crippen molar-refractivity contribution in [3.05, 3.63) is 11.6 Å². The van der Waals surface area contributed by atoms with Crippen LogP contribution >= 0.6 is 0 Å². The van der Waals surface area contributed by atoms with Gasteiger partial charge in [0.05, 0.1) is 67.1 Å². The number of aliphatic hydroxyl groups excluding tert-OH is 6. The van der Waals surface area contributed by atoms with E-state index in [0.717, 1.165) is 50.5 Å². The molecule has 8 fully saturated rings. The number of esters is 1. The molecule has 6 aliphatic carbocycles. The van der Waals surface area contributed by atoms with Crippen LogP contribution in [-0.2, 0) is 47.5 Å². The molecule has 0 aromatic heterocycles. The predicted octanol–water partition coefficient (Wildman–Crippen LogP) is 3.36. The molecule has 26 atom stereocenters. The number of carbonyl (C=O) groups excluding carboxylic acids is 2. The molecule has 9 aliphatic rings. The fraction of sp³-hybridized carbons (Fsp3) is 0.923. The van der Waals surface area contributed by atoms with E-state index in [4.69, 9.17) is 37.9 Å². The molecule has 3 saturated heterocycles. The maximum absolute atomic E-state index is 12.7. The normalized spacial score (nSPS) is 53.4. The van der Waals surface area contributed by atoms with Gasteiger partial charge in [-0.05, 0) is 119 Å². The third-order valence-electron chi connectivity index (χ3n) is 19.5. The fourth-order valence-corrected chi connectivity index (χ4v) is 15.6. The SMILES string of the molecule is CC(=O)O[C@H]1C[C@@H](O[C@H]2[C@H](O)C[C@@H](O[C@@H]3[C@@H](C)C[C@H](O[C@@H]4CC[C@@]5(C)C(CCC6C5C[C@@H](O)[C@]5(C)[C@@H](C7=CC(=O)CC7)CC[C@]65O)C4)C[C@@H]3O)O[C@@H]2C)O[C@H](C)[C@H]1O[C@H]1O[C@H](CO)[C@@H](O)[C@H](O)[C@H]1C. The van der Waals surface area contributed by atoms with Gasteiger partial charge in [-0.2, -0.15) is 0 Å². The van der Waals surface area contributed by atoms with E-state index in [1.54, 1.807) is 26.8 Å². The molecule has 17 nitrogen and oxygen atoms in total. The second kappa shape index (κ2) is 20.2. The minimum Gasteiger partial charge on any atom is -0.459 e. The molecule has 0 radical (unpaired) electrons. The topological polar surface area (TPSA) is 250 Å². The smallest absolute Gasteiger partial charge is 0.302 e. The van der Waals surface area contributed by atoms with Gasteiger partial charge in [0, 0.05) is 43.9 Å². The lowest BCUT2D eigenvalue weighted by Crippen LogP contribution is -2.67. The van der Waals surface area contributed by atoms with Crippen LogP contribution in [0.25, 0.3) is 0 Å². The second-order valence-corrected chi connectivity index (χ2v) is 23.5. The number of allylic oxidation sites excluding steroid dienone is 2. The van der Waals surface area contributed by atoms with Crippen molar-refractivity contribution in [1.82, 2.24) is 0 Å². The quantitative estimate of drug-likeness (QED) is 0.147. The Hall–Kier alpha value is -1.68. The number of fused-ring (bicyclic) bond motifs is 5. The molecule has 7 N–H and O–H groups in total. The number of aliphatic hydroxyl groups is 7. The molecular weight excluding hydrogens is 897 g/mol. The van der Waals surface area contributed by atoms with Gasteiger partial charge in [0.15, 0.2) is 24.7 Å². The van der Waals surface area contributed by atoms with E-state index >= 15 is 0 Å². The van der Waals surface area contributed by atoms with Gasteiger partial charge < -0.3 is 73.6 Å². The number of carbonyl (C=O) groups is 2. The van der Waals surface area contributed by atoms with Gasteiger partial charge in [-0.15, -0.1) is 0 Å². The fourth-order valence-electron chi connectivity index (χ4n) is 15.6. The molecule has 3 unspecified atom stereocenters. The molecular formula is C52H82O17. The summed E-state index contributed by atoms with van der Waals surface area (Å²) in [6.45, 7) is 12.4. The van der Waals surface area contributed by atoms with Crippen LogP contribution in [0.3, 0.4) is 0 Å². The molecule has 17 heteroatoms. The van der Waals surface area contributed by atoms with Crippen LogP contribution in [0.5, 0.6) is 0 Å². The van der Waals surface area contributed by atoms with Gasteiger partial charge in [-0.1, -0.05) is 33.3 Å². The summed E-state index contributed by atoms with van der Waals surface area (Å²) in [6, 6.07) is 0. The second-order valence-electron chi connectivity index (χ2n) is 23.5. The third-order valence-corrected chi connectivity index (χ3v) is 19.5. The lowest BCUT2D eigenvalue weighted by Gasteiger charge is -2.65. The summed E-state index contributed by atoms with van der Waals surface area (Å²) in [7, 11) is 0. The predicted molar refractivity (Wildman–Crippen MR) is 244 cm³/mol. The van der Waals surface area contributed by atoms with Crippen LogP contribution in [0.1, 0.15) is 138 Å². The van der Waals surface area contributed by atoms with Gasteiger partial charge >= 0.3 is 5.97 Å². The average molecular weight is 979 g/mol. The minimum absolute atomic E-state index is 0.0223. The highest BCUT2D eigenvalue weighted by atomic mass is 16.7. The van der Waals surface area contributed by atoms with Crippen molar-refractivity contribution in [3.8, 4) is 0 Å². The number of rotatable bonds is 11. The van der Waals surface area contributed by atoms with Crippen LogP contribution in [0, 0.1) is 46.3 Å². The zero-order valence-electron chi connectivity index (χ0n) is 41.7. The van der Waals surface area contributed by atoms with Gasteiger partial charge in [0.2, 0.25) is 0 Å². The van der Waals surface area contributed by atoms with Crippen molar-refractivity contribution in [2.24, 2.45) is 46.3 Å². The van der Waals surface area contributed by atoms with Gasteiger partial charge in [-0.25, -0.2) is 0 Å². The van der Waals surface area contributed by atoms with Crippen molar-refractivity contribution < 1.29 is 83.2 Å². The molecule has 0 aromatic rings. The van der Waals surface area contributed by atoms with Crippen LogP contribution in [0.15, 0.2) is 11.6 Å². The van der Waals surface area contributed by atoms with E-state index in [1.807, 2.05) is 6.92 Å². The lowest BCUT2D eigenvalue weighted by molar-refractivity contribution is -0.347. The summed E-state index contributed by atoms with van der Waals surface area (Å²) >= 11 is 0.